The van der Waals surface area contributed by atoms with E-state index in [1.165, 1.54) is 0 Å². The molecule has 0 unspecified atom stereocenters. The fourth-order valence-electron chi connectivity index (χ4n) is 1.47. The summed E-state index contributed by atoms with van der Waals surface area (Å²) >= 11 is 0. The number of methoxy groups -OCH3 is 1. The lowest BCUT2D eigenvalue weighted by Crippen LogP contribution is -2.34. The molecule has 20 heavy (non-hydrogen) atoms. The first kappa shape index (κ1) is 18.4. The van der Waals surface area contributed by atoms with Gasteiger partial charge in [-0.2, -0.15) is 0 Å². The van der Waals surface area contributed by atoms with Crippen LogP contribution in [0, 0.1) is 0 Å². The molecule has 0 atom stereocenters. The van der Waals surface area contributed by atoms with Gasteiger partial charge >= 0.3 is 0 Å². The van der Waals surface area contributed by atoms with E-state index in [9.17, 15) is 9.59 Å². The fourth-order valence-corrected chi connectivity index (χ4v) is 1.47. The van der Waals surface area contributed by atoms with Gasteiger partial charge < -0.3 is 21.1 Å². The second-order valence-electron chi connectivity index (χ2n) is 4.01. The maximum atomic E-state index is 11.5. The van der Waals surface area contributed by atoms with E-state index in [-0.39, 0.29) is 24.9 Å². The number of ether oxygens (including phenoxy) is 1. The molecule has 1 rings (SSSR count). The number of carbonyl (C=O) groups is 2. The molecule has 112 valence electrons. The number of nitrogens with one attached hydrogen (secondary N) is 2. The zero-order valence-electron chi connectivity index (χ0n) is 11.3. The molecule has 0 aliphatic carbocycles. The summed E-state index contributed by atoms with van der Waals surface area (Å²) in [5, 5.41) is 5.69. The van der Waals surface area contributed by atoms with Crippen LogP contribution in [0.4, 0.5) is 0 Å². The summed E-state index contributed by atoms with van der Waals surface area (Å²) in [5.74, 6) is -0.588. The minimum absolute atomic E-state index is 0. The van der Waals surface area contributed by atoms with Gasteiger partial charge in [0, 0.05) is 25.8 Å². The smallest absolute Gasteiger partial charge is 0.248 e. The quantitative estimate of drug-likeness (QED) is 0.592. The highest BCUT2D eigenvalue weighted by molar-refractivity contribution is 5.92. The Hall–Kier alpha value is -1.63. The van der Waals surface area contributed by atoms with E-state index in [0.29, 0.717) is 25.3 Å². The Kier molecular flexibility index (Phi) is 9.36. The number of hydrogen-bond acceptors (Lipinski definition) is 4. The van der Waals surface area contributed by atoms with Gasteiger partial charge in [-0.05, 0) is 17.7 Å². The summed E-state index contributed by atoms with van der Waals surface area (Å²) in [4.78, 5) is 22.5. The van der Waals surface area contributed by atoms with Crippen molar-refractivity contribution in [2.45, 2.75) is 6.54 Å². The minimum Gasteiger partial charge on any atom is -0.383 e. The van der Waals surface area contributed by atoms with Gasteiger partial charge in [0.15, 0.2) is 0 Å². The second kappa shape index (κ2) is 10.2. The molecule has 2 amide bonds. The highest BCUT2D eigenvalue weighted by atomic mass is 35.5. The zero-order valence-corrected chi connectivity index (χ0v) is 12.2. The van der Waals surface area contributed by atoms with Gasteiger partial charge in [-0.15, -0.1) is 12.4 Å². The van der Waals surface area contributed by atoms with Crippen molar-refractivity contribution in [2.24, 2.45) is 5.73 Å². The Bertz CT molecular complexity index is 441. The molecular weight excluding hydrogens is 282 g/mol. The highest BCUT2D eigenvalue weighted by Crippen LogP contribution is 2.04. The third kappa shape index (κ3) is 7.08. The Morgan fingerprint density at radius 3 is 2.75 bits per heavy atom. The molecule has 0 radical (unpaired) electrons. The van der Waals surface area contributed by atoms with Crippen LogP contribution in [0.2, 0.25) is 0 Å². The van der Waals surface area contributed by atoms with Gasteiger partial charge in [0.05, 0.1) is 13.2 Å². The van der Waals surface area contributed by atoms with Crippen LogP contribution >= 0.6 is 12.4 Å². The van der Waals surface area contributed by atoms with Crippen LogP contribution < -0.4 is 16.4 Å². The normalized spacial score (nSPS) is 9.65. The molecule has 6 nitrogen and oxygen atoms in total. The molecule has 0 aliphatic rings. The van der Waals surface area contributed by atoms with E-state index in [0.717, 1.165) is 5.56 Å². The average Bonchev–Trinajstić information content (AvgIpc) is 2.41. The molecule has 1 aromatic rings. The summed E-state index contributed by atoms with van der Waals surface area (Å²) in [6.45, 7) is 1.79. The number of benzene rings is 1. The number of amides is 2. The number of hydrogen-bond donors (Lipinski definition) is 3. The van der Waals surface area contributed by atoms with E-state index in [2.05, 4.69) is 10.6 Å². The molecule has 4 N–H and O–H groups in total. The lowest BCUT2D eigenvalue weighted by Gasteiger charge is -2.07. The van der Waals surface area contributed by atoms with Crippen LogP contribution in [0.1, 0.15) is 15.9 Å². The van der Waals surface area contributed by atoms with Crippen molar-refractivity contribution in [3.63, 3.8) is 0 Å². The lowest BCUT2D eigenvalue weighted by atomic mass is 10.1. The van der Waals surface area contributed by atoms with Gasteiger partial charge in [-0.3, -0.25) is 9.59 Å². The Labute approximate surface area is 124 Å². The van der Waals surface area contributed by atoms with Crippen molar-refractivity contribution < 1.29 is 14.3 Å². The SMILES string of the molecule is COCCNCC(=O)NCc1cccc(C(N)=O)c1.Cl. The molecule has 1 aromatic carbocycles. The first-order valence-corrected chi connectivity index (χ1v) is 5.98. The van der Waals surface area contributed by atoms with Crippen LogP contribution in [0.3, 0.4) is 0 Å². The van der Waals surface area contributed by atoms with Gasteiger partial charge in [-0.25, -0.2) is 0 Å². The summed E-state index contributed by atoms with van der Waals surface area (Å²) in [6.07, 6.45) is 0. The van der Waals surface area contributed by atoms with E-state index in [1.54, 1.807) is 25.3 Å². The molecule has 0 saturated carbocycles. The second-order valence-corrected chi connectivity index (χ2v) is 4.01. The monoisotopic (exact) mass is 301 g/mol. The molecule has 0 bridgehead atoms. The van der Waals surface area contributed by atoms with Crippen LogP contribution in [-0.4, -0.2) is 38.6 Å². The molecule has 7 heteroatoms. The number of primary amides is 1. The van der Waals surface area contributed by atoms with Crippen molar-refractivity contribution in [3.8, 4) is 0 Å². The van der Waals surface area contributed by atoms with Crippen molar-refractivity contribution in [1.29, 1.82) is 0 Å². The van der Waals surface area contributed by atoms with Gasteiger partial charge in [-0.1, -0.05) is 12.1 Å². The number of nitrogens with two attached hydrogens (primary N) is 1. The maximum absolute atomic E-state index is 11.5. The highest BCUT2D eigenvalue weighted by Gasteiger charge is 2.03. The minimum atomic E-state index is -0.477. The molecular formula is C13H20ClN3O3. The van der Waals surface area contributed by atoms with Crippen LogP contribution in [0.5, 0.6) is 0 Å². The summed E-state index contributed by atoms with van der Waals surface area (Å²) in [5.41, 5.74) is 6.45. The van der Waals surface area contributed by atoms with Crippen LogP contribution in [0.25, 0.3) is 0 Å². The third-order valence-electron chi connectivity index (χ3n) is 2.47. The first-order chi connectivity index (χ1) is 9.13. The number of carbonyl (C=O) groups excluding carboxylic acids is 2. The first-order valence-electron chi connectivity index (χ1n) is 5.98. The molecule has 0 spiro atoms. The molecule has 0 fully saturated rings. The fraction of sp³-hybridized carbons (Fsp3) is 0.385. The third-order valence-corrected chi connectivity index (χ3v) is 2.47. The van der Waals surface area contributed by atoms with E-state index >= 15 is 0 Å². The van der Waals surface area contributed by atoms with E-state index < -0.39 is 5.91 Å². The van der Waals surface area contributed by atoms with E-state index in [4.69, 9.17) is 10.5 Å². The summed E-state index contributed by atoms with van der Waals surface area (Å²) in [6, 6.07) is 6.87. The van der Waals surface area contributed by atoms with Gasteiger partial charge in [0.1, 0.15) is 0 Å². The average molecular weight is 302 g/mol. The van der Waals surface area contributed by atoms with Crippen molar-refractivity contribution in [3.05, 3.63) is 35.4 Å². The predicted octanol–water partition coefficient (Wildman–Crippen LogP) is 0.0595. The Morgan fingerprint density at radius 2 is 2.10 bits per heavy atom. The number of rotatable bonds is 8. The topological polar surface area (TPSA) is 93.4 Å². The molecule has 0 heterocycles. The molecule has 0 aliphatic heterocycles. The van der Waals surface area contributed by atoms with Gasteiger partial charge in [0.25, 0.3) is 0 Å². The zero-order chi connectivity index (χ0) is 14.1. The van der Waals surface area contributed by atoms with Gasteiger partial charge in [0.2, 0.25) is 11.8 Å². The van der Waals surface area contributed by atoms with Crippen molar-refractivity contribution in [2.75, 3.05) is 26.8 Å². The lowest BCUT2D eigenvalue weighted by molar-refractivity contribution is -0.120. The molecule has 0 saturated heterocycles. The summed E-state index contributed by atoms with van der Waals surface area (Å²) in [7, 11) is 1.60. The van der Waals surface area contributed by atoms with Crippen LogP contribution in [-0.2, 0) is 16.1 Å². The van der Waals surface area contributed by atoms with Crippen molar-refractivity contribution >= 4 is 24.2 Å². The standard InChI is InChI=1S/C13H19N3O3.ClH/c1-19-6-5-15-9-12(17)16-8-10-3-2-4-11(7-10)13(14)18;/h2-4,7,15H,5-6,8-9H2,1H3,(H2,14,18)(H,16,17);1H. The van der Waals surface area contributed by atoms with Crippen LogP contribution in [0.15, 0.2) is 24.3 Å². The summed E-state index contributed by atoms with van der Waals surface area (Å²) < 4.78 is 4.85. The largest absolute Gasteiger partial charge is 0.383 e. The maximum Gasteiger partial charge on any atom is 0.248 e. The Balaban J connectivity index is 0.00000361. The molecule has 0 aromatic heterocycles. The van der Waals surface area contributed by atoms with Crippen molar-refractivity contribution in [1.82, 2.24) is 10.6 Å². The number of halogens is 1. The Morgan fingerprint density at radius 1 is 1.35 bits per heavy atom. The predicted molar refractivity (Wildman–Crippen MR) is 78.8 cm³/mol. The van der Waals surface area contributed by atoms with E-state index in [1.807, 2.05) is 6.07 Å².